The molecule has 1 aromatic heterocycles. The molecule has 0 saturated carbocycles. The molecule has 1 atom stereocenters. The number of hydrogen-bond acceptors (Lipinski definition) is 4. The Labute approximate surface area is 101 Å². The minimum absolute atomic E-state index is 0.145. The fourth-order valence-corrected chi connectivity index (χ4v) is 2.18. The average Bonchev–Trinajstić information content (AvgIpc) is 2.28. The maximum atomic E-state index is 11.4. The van der Waals surface area contributed by atoms with Crippen molar-refractivity contribution in [2.45, 2.75) is 25.8 Å². The first-order chi connectivity index (χ1) is 8.08. The third-order valence-corrected chi connectivity index (χ3v) is 3.04. The normalized spacial score (nSPS) is 20.4. The number of piperidine rings is 1. The van der Waals surface area contributed by atoms with E-state index in [1.54, 1.807) is 12.1 Å². The Hall–Kier alpha value is -1.62. The first-order valence-electron chi connectivity index (χ1n) is 5.86. The highest BCUT2D eigenvalue weighted by atomic mass is 16.1. The Bertz CT molecular complexity index is 433. The third-order valence-electron chi connectivity index (χ3n) is 3.04. The molecule has 0 aromatic carbocycles. The summed E-state index contributed by atoms with van der Waals surface area (Å²) in [5.74, 6) is 0.235. The first-order valence-corrected chi connectivity index (χ1v) is 5.86. The summed E-state index contributed by atoms with van der Waals surface area (Å²) in [7, 11) is 0. The number of primary amides is 1. The van der Waals surface area contributed by atoms with E-state index in [9.17, 15) is 4.79 Å². The van der Waals surface area contributed by atoms with Crippen molar-refractivity contribution in [3.8, 4) is 0 Å². The number of aryl methyl sites for hydroxylation is 1. The molecular formula is C12H18N4O. The van der Waals surface area contributed by atoms with Gasteiger partial charge in [-0.15, -0.1) is 0 Å². The van der Waals surface area contributed by atoms with Gasteiger partial charge in [-0.2, -0.15) is 0 Å². The van der Waals surface area contributed by atoms with Crippen molar-refractivity contribution in [2.75, 3.05) is 18.0 Å². The summed E-state index contributed by atoms with van der Waals surface area (Å²) in [6.45, 7) is 3.51. The molecule has 1 fully saturated rings. The van der Waals surface area contributed by atoms with Gasteiger partial charge in [0, 0.05) is 24.8 Å². The molecule has 0 spiro atoms. The molecule has 1 aliphatic rings. The Morgan fingerprint density at radius 2 is 2.29 bits per heavy atom. The van der Waals surface area contributed by atoms with Crippen LogP contribution < -0.4 is 16.4 Å². The van der Waals surface area contributed by atoms with Crippen LogP contribution in [0, 0.1) is 6.92 Å². The van der Waals surface area contributed by atoms with Crippen LogP contribution >= 0.6 is 0 Å². The molecule has 0 aliphatic carbocycles. The van der Waals surface area contributed by atoms with Gasteiger partial charge in [0.2, 0.25) is 0 Å². The molecule has 0 radical (unpaired) electrons. The van der Waals surface area contributed by atoms with Gasteiger partial charge in [-0.05, 0) is 31.9 Å². The number of aromatic nitrogens is 1. The first kappa shape index (κ1) is 11.9. The maximum absolute atomic E-state index is 11.4. The molecule has 1 aliphatic heterocycles. The van der Waals surface area contributed by atoms with E-state index in [-0.39, 0.29) is 6.04 Å². The lowest BCUT2D eigenvalue weighted by atomic mass is 10.1. The van der Waals surface area contributed by atoms with E-state index in [1.165, 1.54) is 0 Å². The van der Waals surface area contributed by atoms with Crippen molar-refractivity contribution in [1.29, 1.82) is 0 Å². The summed E-state index contributed by atoms with van der Waals surface area (Å²) in [6, 6.07) is 3.68. The summed E-state index contributed by atoms with van der Waals surface area (Å²) in [6.07, 6.45) is 2.04. The van der Waals surface area contributed by atoms with Gasteiger partial charge in [0.05, 0.1) is 5.56 Å². The quantitative estimate of drug-likeness (QED) is 0.776. The van der Waals surface area contributed by atoms with Gasteiger partial charge in [0.1, 0.15) is 5.82 Å². The van der Waals surface area contributed by atoms with Gasteiger partial charge in [-0.3, -0.25) is 4.79 Å². The van der Waals surface area contributed by atoms with Crippen LogP contribution in [0.4, 0.5) is 5.82 Å². The average molecular weight is 234 g/mol. The van der Waals surface area contributed by atoms with Gasteiger partial charge in [0.15, 0.2) is 0 Å². The van der Waals surface area contributed by atoms with Gasteiger partial charge in [0.25, 0.3) is 5.91 Å². The van der Waals surface area contributed by atoms with Crippen molar-refractivity contribution in [2.24, 2.45) is 11.5 Å². The van der Waals surface area contributed by atoms with E-state index in [4.69, 9.17) is 11.5 Å². The number of nitrogens with two attached hydrogens (primary N) is 2. The molecule has 1 saturated heterocycles. The fraction of sp³-hybridized carbons (Fsp3) is 0.500. The van der Waals surface area contributed by atoms with Crippen LogP contribution in [0.15, 0.2) is 12.1 Å². The zero-order valence-electron chi connectivity index (χ0n) is 10.0. The van der Waals surface area contributed by atoms with Gasteiger partial charge < -0.3 is 16.4 Å². The van der Waals surface area contributed by atoms with E-state index in [0.29, 0.717) is 11.4 Å². The monoisotopic (exact) mass is 234 g/mol. The molecule has 0 bridgehead atoms. The summed E-state index contributed by atoms with van der Waals surface area (Å²) in [4.78, 5) is 17.9. The van der Waals surface area contributed by atoms with Crippen molar-refractivity contribution < 1.29 is 4.79 Å². The third kappa shape index (κ3) is 2.55. The predicted molar refractivity (Wildman–Crippen MR) is 66.9 cm³/mol. The summed E-state index contributed by atoms with van der Waals surface area (Å²) in [5.41, 5.74) is 12.7. The molecule has 5 nitrogen and oxygen atoms in total. The molecule has 17 heavy (non-hydrogen) atoms. The summed E-state index contributed by atoms with van der Waals surface area (Å²) >= 11 is 0. The second kappa shape index (κ2) is 4.71. The minimum Gasteiger partial charge on any atom is -0.365 e. The lowest BCUT2D eigenvalue weighted by Crippen LogP contribution is -2.44. The van der Waals surface area contributed by atoms with E-state index in [1.807, 2.05) is 6.92 Å². The van der Waals surface area contributed by atoms with Crippen LogP contribution in [0.1, 0.15) is 28.9 Å². The smallest absolute Gasteiger partial charge is 0.252 e. The lowest BCUT2D eigenvalue weighted by molar-refractivity contribution is 0.100. The van der Waals surface area contributed by atoms with Crippen LogP contribution in [0.3, 0.4) is 0 Å². The molecule has 5 heteroatoms. The number of hydrogen-bond donors (Lipinski definition) is 2. The van der Waals surface area contributed by atoms with E-state index < -0.39 is 5.91 Å². The number of carbonyl (C=O) groups excluding carboxylic acids is 1. The van der Waals surface area contributed by atoms with Crippen LogP contribution in [-0.2, 0) is 0 Å². The van der Waals surface area contributed by atoms with Gasteiger partial charge in [-0.25, -0.2) is 4.98 Å². The van der Waals surface area contributed by atoms with Gasteiger partial charge >= 0.3 is 0 Å². The molecular weight excluding hydrogens is 216 g/mol. The topological polar surface area (TPSA) is 85.2 Å². The SMILES string of the molecule is Cc1ccc(C(N)=O)c(N2CCC[C@@H](N)C2)n1. The van der Waals surface area contributed by atoms with Crippen LogP contribution in [0.2, 0.25) is 0 Å². The highest BCUT2D eigenvalue weighted by molar-refractivity contribution is 5.97. The standard InChI is InChI=1S/C12H18N4O/c1-8-4-5-10(11(14)17)12(15-8)16-6-2-3-9(13)7-16/h4-5,9H,2-3,6-7,13H2,1H3,(H2,14,17)/t9-/m1/s1. The van der Waals surface area contributed by atoms with E-state index >= 15 is 0 Å². The van der Waals surface area contributed by atoms with Crippen molar-refractivity contribution in [3.05, 3.63) is 23.4 Å². The molecule has 92 valence electrons. The van der Waals surface area contributed by atoms with E-state index in [2.05, 4.69) is 9.88 Å². The highest BCUT2D eigenvalue weighted by Gasteiger charge is 2.22. The predicted octanol–water partition coefficient (Wildman–Crippen LogP) is 0.416. The number of pyridine rings is 1. The lowest BCUT2D eigenvalue weighted by Gasteiger charge is -2.32. The zero-order chi connectivity index (χ0) is 12.4. The second-order valence-corrected chi connectivity index (χ2v) is 4.54. The Kier molecular flexibility index (Phi) is 3.28. The molecule has 0 unspecified atom stereocenters. The van der Waals surface area contributed by atoms with Crippen molar-refractivity contribution >= 4 is 11.7 Å². The summed E-state index contributed by atoms with van der Waals surface area (Å²) in [5, 5.41) is 0. The molecule has 4 N–H and O–H groups in total. The van der Waals surface area contributed by atoms with Crippen molar-refractivity contribution in [3.63, 3.8) is 0 Å². The Morgan fingerprint density at radius 1 is 1.53 bits per heavy atom. The fourth-order valence-electron chi connectivity index (χ4n) is 2.18. The highest BCUT2D eigenvalue weighted by Crippen LogP contribution is 2.21. The number of carbonyl (C=O) groups is 1. The second-order valence-electron chi connectivity index (χ2n) is 4.54. The number of rotatable bonds is 2. The molecule has 2 rings (SSSR count). The van der Waals surface area contributed by atoms with Crippen molar-refractivity contribution in [1.82, 2.24) is 4.98 Å². The van der Waals surface area contributed by atoms with Crippen LogP contribution in [0.25, 0.3) is 0 Å². The number of nitrogens with zero attached hydrogens (tertiary/aromatic N) is 2. The largest absolute Gasteiger partial charge is 0.365 e. The van der Waals surface area contributed by atoms with Crippen LogP contribution in [-0.4, -0.2) is 30.0 Å². The van der Waals surface area contributed by atoms with Gasteiger partial charge in [-0.1, -0.05) is 0 Å². The summed E-state index contributed by atoms with van der Waals surface area (Å²) < 4.78 is 0. The number of amides is 1. The molecule has 1 aromatic rings. The minimum atomic E-state index is -0.438. The zero-order valence-corrected chi connectivity index (χ0v) is 10.0. The Balaban J connectivity index is 2.35. The van der Waals surface area contributed by atoms with E-state index in [0.717, 1.165) is 31.6 Å². The maximum Gasteiger partial charge on any atom is 0.252 e. The molecule has 1 amide bonds. The number of anilines is 1. The van der Waals surface area contributed by atoms with Crippen LogP contribution in [0.5, 0.6) is 0 Å². The Morgan fingerprint density at radius 3 is 2.94 bits per heavy atom. The molecule has 2 heterocycles.